The normalized spacial score (nSPS) is 10.5. The summed E-state index contributed by atoms with van der Waals surface area (Å²) in [6.45, 7) is 8.18. The molecule has 0 fully saturated rings. The summed E-state index contributed by atoms with van der Waals surface area (Å²) in [7, 11) is 0. The van der Waals surface area contributed by atoms with Crippen LogP contribution in [-0.4, -0.2) is 12.4 Å². The third-order valence-electron chi connectivity index (χ3n) is 3.19. The Hall–Kier alpha value is -1.61. The van der Waals surface area contributed by atoms with Crippen molar-refractivity contribution in [2.75, 3.05) is 6.61 Å². The van der Waals surface area contributed by atoms with E-state index in [0.29, 0.717) is 0 Å². The topological polar surface area (TPSA) is 26.3 Å². The molecule has 1 aromatic carbocycles. The van der Waals surface area contributed by atoms with Gasteiger partial charge >= 0.3 is 0 Å². The lowest BCUT2D eigenvalue weighted by atomic mass is 10.1. The molecule has 0 bridgehead atoms. The summed E-state index contributed by atoms with van der Waals surface area (Å²) in [6, 6.07) is 7.82. The Balaban J connectivity index is 2.04. The third kappa shape index (κ3) is 3.24. The molecule has 2 aromatic rings. The van der Waals surface area contributed by atoms with Crippen LogP contribution in [0.3, 0.4) is 0 Å². The molecule has 2 nitrogen and oxygen atoms in total. The van der Waals surface area contributed by atoms with E-state index in [1.165, 1.54) is 11.1 Å². The minimum absolute atomic E-state index is 0.0417. The molecule has 100 valence electrons. The molecular weight excluding hydrogens is 256 g/mol. The van der Waals surface area contributed by atoms with Crippen molar-refractivity contribution in [2.24, 2.45) is 0 Å². The second-order valence-corrected chi connectivity index (χ2v) is 6.25. The molecule has 0 radical (unpaired) electrons. The van der Waals surface area contributed by atoms with Crippen molar-refractivity contribution in [2.45, 2.75) is 27.7 Å². The number of rotatable bonds is 4. The molecule has 0 spiro atoms. The Kier molecular flexibility index (Phi) is 4.05. The minimum atomic E-state index is 0.0417. The molecule has 0 saturated heterocycles. The maximum Gasteiger partial charge on any atom is 0.201 e. The van der Waals surface area contributed by atoms with Gasteiger partial charge in [-0.25, -0.2) is 0 Å². The summed E-state index contributed by atoms with van der Waals surface area (Å²) in [6.07, 6.45) is 0. The summed E-state index contributed by atoms with van der Waals surface area (Å²) in [5.74, 6) is 0.793. The zero-order valence-corrected chi connectivity index (χ0v) is 12.6. The van der Waals surface area contributed by atoms with Gasteiger partial charge in [0.1, 0.15) is 5.75 Å². The quantitative estimate of drug-likeness (QED) is 0.779. The van der Waals surface area contributed by atoms with Gasteiger partial charge in [0.05, 0.1) is 0 Å². The Morgan fingerprint density at radius 3 is 2.42 bits per heavy atom. The fraction of sp³-hybridized carbons (Fsp3) is 0.312. The molecule has 19 heavy (non-hydrogen) atoms. The van der Waals surface area contributed by atoms with Gasteiger partial charge in [-0.15, -0.1) is 11.3 Å². The molecule has 0 amide bonds. The van der Waals surface area contributed by atoms with E-state index in [-0.39, 0.29) is 12.4 Å². The molecule has 0 atom stereocenters. The second-order valence-electron chi connectivity index (χ2n) is 4.78. The molecule has 0 aliphatic carbocycles. The SMILES string of the molecule is Cc1cc(C(=O)COc2ccc(C)c(C)c2)c(C)s1. The van der Waals surface area contributed by atoms with Gasteiger partial charge in [-0.05, 0) is 57.0 Å². The van der Waals surface area contributed by atoms with Gasteiger partial charge in [0.2, 0.25) is 5.78 Å². The summed E-state index contributed by atoms with van der Waals surface area (Å²) in [5, 5.41) is 0. The molecule has 2 rings (SSSR count). The number of ether oxygens (including phenoxy) is 1. The number of benzene rings is 1. The van der Waals surface area contributed by atoms with Gasteiger partial charge in [-0.3, -0.25) is 4.79 Å². The number of hydrogen-bond donors (Lipinski definition) is 0. The van der Waals surface area contributed by atoms with E-state index in [0.717, 1.165) is 21.1 Å². The van der Waals surface area contributed by atoms with E-state index in [1.807, 2.05) is 45.0 Å². The Labute approximate surface area is 118 Å². The van der Waals surface area contributed by atoms with Gasteiger partial charge in [-0.2, -0.15) is 0 Å². The first-order valence-electron chi connectivity index (χ1n) is 6.27. The number of Topliss-reactive ketones (excluding diaryl/α,β-unsaturated/α-hetero) is 1. The van der Waals surface area contributed by atoms with Crippen LogP contribution in [0.4, 0.5) is 0 Å². The van der Waals surface area contributed by atoms with Gasteiger partial charge in [-0.1, -0.05) is 6.07 Å². The number of aryl methyl sites for hydroxylation is 4. The molecule has 0 N–H and O–H groups in total. The summed E-state index contributed by atoms with van der Waals surface area (Å²) >= 11 is 1.65. The van der Waals surface area contributed by atoms with Crippen LogP contribution in [0.5, 0.6) is 5.75 Å². The van der Waals surface area contributed by atoms with Crippen molar-refractivity contribution in [3.8, 4) is 5.75 Å². The average molecular weight is 274 g/mol. The fourth-order valence-electron chi connectivity index (χ4n) is 1.94. The zero-order chi connectivity index (χ0) is 14.0. The van der Waals surface area contributed by atoms with Crippen LogP contribution in [0.1, 0.15) is 31.2 Å². The predicted octanol–water partition coefficient (Wildman–Crippen LogP) is 4.24. The maximum absolute atomic E-state index is 12.1. The van der Waals surface area contributed by atoms with Crippen molar-refractivity contribution < 1.29 is 9.53 Å². The molecule has 0 aliphatic rings. The van der Waals surface area contributed by atoms with Crippen LogP contribution in [0.2, 0.25) is 0 Å². The molecular formula is C16H18O2S. The van der Waals surface area contributed by atoms with Crippen molar-refractivity contribution in [3.05, 3.63) is 50.7 Å². The number of hydrogen-bond acceptors (Lipinski definition) is 3. The predicted molar refractivity (Wildman–Crippen MR) is 79.5 cm³/mol. The molecule has 0 saturated carbocycles. The first-order valence-corrected chi connectivity index (χ1v) is 7.09. The standard InChI is InChI=1S/C16H18O2S/c1-10-5-6-14(7-11(10)2)18-9-16(17)15-8-12(3)19-13(15)4/h5-8H,9H2,1-4H3. The lowest BCUT2D eigenvalue weighted by molar-refractivity contribution is 0.0921. The maximum atomic E-state index is 12.1. The monoisotopic (exact) mass is 274 g/mol. The lowest BCUT2D eigenvalue weighted by Gasteiger charge is -2.07. The lowest BCUT2D eigenvalue weighted by Crippen LogP contribution is -2.11. The van der Waals surface area contributed by atoms with E-state index in [9.17, 15) is 4.79 Å². The highest BCUT2D eigenvalue weighted by molar-refractivity contribution is 7.12. The van der Waals surface area contributed by atoms with E-state index >= 15 is 0 Å². The van der Waals surface area contributed by atoms with Crippen molar-refractivity contribution in [1.82, 2.24) is 0 Å². The van der Waals surface area contributed by atoms with Crippen molar-refractivity contribution >= 4 is 17.1 Å². The highest BCUT2D eigenvalue weighted by Crippen LogP contribution is 2.22. The minimum Gasteiger partial charge on any atom is -0.485 e. The number of thiophene rings is 1. The average Bonchev–Trinajstić information content (AvgIpc) is 2.70. The number of carbonyl (C=O) groups excluding carboxylic acids is 1. The second kappa shape index (κ2) is 5.57. The van der Waals surface area contributed by atoms with Crippen LogP contribution < -0.4 is 4.74 Å². The van der Waals surface area contributed by atoms with E-state index in [1.54, 1.807) is 11.3 Å². The first kappa shape index (κ1) is 13.8. The van der Waals surface area contributed by atoms with Gasteiger partial charge in [0.15, 0.2) is 6.61 Å². The third-order valence-corrected chi connectivity index (χ3v) is 4.16. The van der Waals surface area contributed by atoms with Crippen molar-refractivity contribution in [3.63, 3.8) is 0 Å². The molecule has 1 heterocycles. The first-order chi connectivity index (χ1) is 8.97. The number of ketones is 1. The van der Waals surface area contributed by atoms with Crippen LogP contribution >= 0.6 is 11.3 Å². The Morgan fingerprint density at radius 1 is 1.11 bits per heavy atom. The van der Waals surface area contributed by atoms with Crippen LogP contribution in [-0.2, 0) is 0 Å². The molecule has 0 unspecified atom stereocenters. The summed E-state index contributed by atoms with van der Waals surface area (Å²) < 4.78 is 5.58. The molecule has 0 aliphatic heterocycles. The molecule has 3 heteroatoms. The van der Waals surface area contributed by atoms with Gasteiger partial charge in [0.25, 0.3) is 0 Å². The fourth-order valence-corrected chi connectivity index (χ4v) is 2.88. The summed E-state index contributed by atoms with van der Waals surface area (Å²) in [5.41, 5.74) is 3.18. The van der Waals surface area contributed by atoms with Crippen LogP contribution in [0, 0.1) is 27.7 Å². The Bertz CT molecular complexity index is 611. The zero-order valence-electron chi connectivity index (χ0n) is 11.7. The highest BCUT2D eigenvalue weighted by Gasteiger charge is 2.12. The summed E-state index contributed by atoms with van der Waals surface area (Å²) in [4.78, 5) is 14.3. The van der Waals surface area contributed by atoms with E-state index < -0.39 is 0 Å². The van der Waals surface area contributed by atoms with Crippen LogP contribution in [0.15, 0.2) is 24.3 Å². The highest BCUT2D eigenvalue weighted by atomic mass is 32.1. The smallest absolute Gasteiger partial charge is 0.201 e. The molecule has 1 aromatic heterocycles. The van der Waals surface area contributed by atoms with E-state index in [2.05, 4.69) is 6.92 Å². The van der Waals surface area contributed by atoms with Crippen molar-refractivity contribution in [1.29, 1.82) is 0 Å². The van der Waals surface area contributed by atoms with Crippen LogP contribution in [0.25, 0.3) is 0 Å². The Morgan fingerprint density at radius 2 is 1.84 bits per heavy atom. The number of carbonyl (C=O) groups is 1. The van der Waals surface area contributed by atoms with Gasteiger partial charge in [0, 0.05) is 15.3 Å². The van der Waals surface area contributed by atoms with E-state index in [4.69, 9.17) is 4.74 Å². The van der Waals surface area contributed by atoms with Gasteiger partial charge < -0.3 is 4.74 Å². The largest absolute Gasteiger partial charge is 0.485 e.